The van der Waals surface area contributed by atoms with Crippen molar-refractivity contribution in [2.45, 2.75) is 102 Å². The van der Waals surface area contributed by atoms with E-state index < -0.39 is 0 Å². The van der Waals surface area contributed by atoms with Gasteiger partial charge in [-0.1, -0.05) is 6.42 Å². The highest BCUT2D eigenvalue weighted by Gasteiger charge is 2.40. The van der Waals surface area contributed by atoms with E-state index in [1.807, 2.05) is 4.90 Å². The van der Waals surface area contributed by atoms with E-state index in [4.69, 9.17) is 0 Å². The Morgan fingerprint density at radius 1 is 1.08 bits per heavy atom. The number of nitrogens with zero attached hydrogens (tertiary/aromatic N) is 4. The van der Waals surface area contributed by atoms with Crippen molar-refractivity contribution in [2.24, 2.45) is 16.9 Å². The van der Waals surface area contributed by atoms with Crippen molar-refractivity contribution in [3.63, 3.8) is 0 Å². The van der Waals surface area contributed by atoms with Crippen molar-refractivity contribution in [1.82, 2.24) is 19.8 Å². The highest BCUT2D eigenvalue weighted by Crippen LogP contribution is 2.42. The third-order valence-electron chi connectivity index (χ3n) is 9.27. The van der Waals surface area contributed by atoms with Crippen LogP contribution in [0.1, 0.15) is 87.4 Å². The van der Waals surface area contributed by atoms with Crippen molar-refractivity contribution in [3.05, 3.63) is 33.2 Å². The lowest BCUT2D eigenvalue weighted by molar-refractivity contribution is -0.130. The predicted molar refractivity (Wildman–Crippen MR) is 138 cm³/mol. The number of aromatic nitrogens is 1. The average Bonchev–Trinajstić information content (AvgIpc) is 3.70. The molecule has 2 aliphatic carbocycles. The van der Waals surface area contributed by atoms with Gasteiger partial charge >= 0.3 is 0 Å². The molecule has 2 saturated carbocycles. The number of carbonyl (C=O) groups excluding carboxylic acids is 2. The summed E-state index contributed by atoms with van der Waals surface area (Å²) in [5.74, 6) is 1.29. The van der Waals surface area contributed by atoms with Crippen LogP contribution in [0, 0.1) is 11.8 Å². The Morgan fingerprint density at radius 2 is 1.92 bits per heavy atom. The first-order valence-electron chi connectivity index (χ1n) is 14.0. The Morgan fingerprint density at radius 3 is 2.69 bits per heavy atom. The average molecular weight is 494 g/mol. The number of amides is 2. The Hall–Kier alpha value is -2.48. The third-order valence-corrected chi connectivity index (χ3v) is 9.27. The molecule has 6 rings (SSSR count). The van der Waals surface area contributed by atoms with Crippen LogP contribution in [0.25, 0.3) is 0 Å². The summed E-state index contributed by atoms with van der Waals surface area (Å²) in [4.78, 5) is 41.0. The first-order valence-corrected chi connectivity index (χ1v) is 14.0. The quantitative estimate of drug-likeness (QED) is 0.699. The van der Waals surface area contributed by atoms with Crippen molar-refractivity contribution < 1.29 is 9.59 Å². The monoisotopic (exact) mass is 493 g/mol. The second-order valence-electron chi connectivity index (χ2n) is 11.8. The van der Waals surface area contributed by atoms with E-state index >= 15 is 0 Å². The molecule has 1 aromatic heterocycles. The zero-order valence-electron chi connectivity index (χ0n) is 21.7. The number of hydrazone groups is 1. The summed E-state index contributed by atoms with van der Waals surface area (Å²) in [6, 6.07) is 3.22. The number of piperidine rings is 1. The third kappa shape index (κ3) is 4.42. The van der Waals surface area contributed by atoms with Gasteiger partial charge in [-0.15, -0.1) is 0 Å². The first-order chi connectivity index (χ1) is 17.4. The van der Waals surface area contributed by atoms with Gasteiger partial charge in [0.15, 0.2) is 0 Å². The van der Waals surface area contributed by atoms with E-state index in [1.54, 1.807) is 7.05 Å². The minimum atomic E-state index is -0.0790. The molecule has 3 fully saturated rings. The highest BCUT2D eigenvalue weighted by atomic mass is 16.2. The summed E-state index contributed by atoms with van der Waals surface area (Å²) >= 11 is 0. The van der Waals surface area contributed by atoms with Crippen LogP contribution in [-0.4, -0.2) is 57.7 Å². The van der Waals surface area contributed by atoms with E-state index in [-0.39, 0.29) is 17.4 Å². The summed E-state index contributed by atoms with van der Waals surface area (Å²) in [6.07, 6.45) is 9.61. The molecule has 36 heavy (non-hydrogen) atoms. The van der Waals surface area contributed by atoms with Gasteiger partial charge in [0, 0.05) is 69.3 Å². The normalized spacial score (nSPS) is 30.5. The van der Waals surface area contributed by atoms with Gasteiger partial charge in [-0.25, -0.2) is 5.01 Å². The fourth-order valence-electron chi connectivity index (χ4n) is 7.09. The van der Waals surface area contributed by atoms with Crippen LogP contribution in [0.3, 0.4) is 0 Å². The highest BCUT2D eigenvalue weighted by molar-refractivity contribution is 6.39. The molecule has 4 heterocycles. The molecule has 0 bridgehead atoms. The number of nitrogens with one attached hydrogen (secondary N) is 1. The van der Waals surface area contributed by atoms with Crippen LogP contribution in [-0.2, 0) is 29.1 Å². The Bertz CT molecular complexity index is 1150. The van der Waals surface area contributed by atoms with Gasteiger partial charge in [0.05, 0.1) is 0 Å². The molecular weight excluding hydrogens is 454 g/mol. The molecule has 8 heteroatoms. The van der Waals surface area contributed by atoms with Gasteiger partial charge in [0.2, 0.25) is 5.91 Å². The van der Waals surface area contributed by atoms with Gasteiger partial charge < -0.3 is 14.8 Å². The summed E-state index contributed by atoms with van der Waals surface area (Å²) < 4.78 is 2.09. The number of carbonyl (C=O) groups is 2. The number of hydrogen-bond acceptors (Lipinski definition) is 5. The topological polar surface area (TPSA) is 87.0 Å². The van der Waals surface area contributed by atoms with Crippen LogP contribution in [0.15, 0.2) is 16.0 Å². The fourth-order valence-corrected chi connectivity index (χ4v) is 7.09. The molecule has 5 aliphatic rings. The molecule has 0 aromatic carbocycles. The number of rotatable bonds is 4. The number of fused-ring (bicyclic) bond motifs is 2. The van der Waals surface area contributed by atoms with E-state index in [9.17, 15) is 14.4 Å². The molecule has 1 aromatic rings. The molecule has 0 radical (unpaired) electrons. The van der Waals surface area contributed by atoms with Crippen LogP contribution < -0.4 is 10.9 Å². The molecule has 4 unspecified atom stereocenters. The molecule has 3 aliphatic heterocycles. The lowest BCUT2D eigenvalue weighted by atomic mass is 9.68. The van der Waals surface area contributed by atoms with Crippen LogP contribution in [0.4, 0.5) is 0 Å². The zero-order chi connectivity index (χ0) is 25.0. The molecule has 4 atom stereocenters. The molecule has 1 saturated heterocycles. The van der Waals surface area contributed by atoms with E-state index in [0.29, 0.717) is 67.9 Å². The Labute approximate surface area is 213 Å². The minimum Gasteiger partial charge on any atom is -0.333 e. The summed E-state index contributed by atoms with van der Waals surface area (Å²) in [5.41, 5.74) is 3.92. The van der Waals surface area contributed by atoms with Gasteiger partial charge in [-0.3, -0.25) is 14.4 Å². The van der Waals surface area contributed by atoms with Gasteiger partial charge in [-0.05, 0) is 74.8 Å². The van der Waals surface area contributed by atoms with E-state index in [0.717, 1.165) is 36.2 Å². The maximum atomic E-state index is 14.0. The van der Waals surface area contributed by atoms with Crippen molar-refractivity contribution in [1.29, 1.82) is 0 Å². The molecule has 0 spiro atoms. The van der Waals surface area contributed by atoms with Crippen LogP contribution in [0.2, 0.25) is 0 Å². The van der Waals surface area contributed by atoms with E-state index in [2.05, 4.69) is 28.0 Å². The largest absolute Gasteiger partial charge is 0.333 e. The van der Waals surface area contributed by atoms with Crippen molar-refractivity contribution >= 4 is 17.5 Å². The second kappa shape index (κ2) is 9.43. The maximum Gasteiger partial charge on any atom is 0.270 e. The maximum absolute atomic E-state index is 14.0. The summed E-state index contributed by atoms with van der Waals surface area (Å²) in [5, 5.41) is 9.37. The van der Waals surface area contributed by atoms with Gasteiger partial charge in [0.25, 0.3) is 11.5 Å². The number of hydrogen-bond donors (Lipinski definition) is 1. The zero-order valence-corrected chi connectivity index (χ0v) is 21.7. The fraction of sp³-hybridized carbons (Fsp3) is 0.714. The molecule has 2 amide bonds. The first kappa shape index (κ1) is 23.9. The van der Waals surface area contributed by atoms with Gasteiger partial charge in [-0.2, -0.15) is 5.10 Å². The van der Waals surface area contributed by atoms with Crippen molar-refractivity contribution in [3.8, 4) is 0 Å². The van der Waals surface area contributed by atoms with Gasteiger partial charge in [0.1, 0.15) is 5.71 Å². The lowest BCUT2D eigenvalue weighted by Gasteiger charge is -2.44. The Kier molecular flexibility index (Phi) is 6.26. The molecule has 8 nitrogen and oxygen atoms in total. The molecule has 194 valence electrons. The lowest BCUT2D eigenvalue weighted by Crippen LogP contribution is -2.51. The molecule has 1 N–H and O–H groups in total. The standard InChI is InChI=1S/C28H39N5O3/c1-17-6-9-21-20(4-3-5-23(21)29-17)22-14-19-16-32(28(36)24-10-11-26(34)31(2)30-24)13-12-25(19)33(27(22)35)15-18-7-8-18/h14,17-18,20-21,23,29H,3-13,15-16H2,1-2H3. The summed E-state index contributed by atoms with van der Waals surface area (Å²) in [7, 11) is 1.61. The van der Waals surface area contributed by atoms with Crippen LogP contribution >= 0.6 is 0 Å². The minimum absolute atomic E-state index is 0.0540. The number of pyridine rings is 1. The van der Waals surface area contributed by atoms with Crippen LogP contribution in [0.5, 0.6) is 0 Å². The van der Waals surface area contributed by atoms with E-state index in [1.165, 1.54) is 37.1 Å². The second-order valence-corrected chi connectivity index (χ2v) is 11.8. The molecular formula is C28H39N5O3. The summed E-state index contributed by atoms with van der Waals surface area (Å²) in [6.45, 7) is 4.19. The van der Waals surface area contributed by atoms with Crippen molar-refractivity contribution in [2.75, 3.05) is 13.6 Å². The predicted octanol–water partition coefficient (Wildman–Crippen LogP) is 2.78. The SMILES string of the molecule is CC1CCC2C(CCCC2c2cc3c(n(CC4CC4)c2=O)CCN(C(=O)C2=NN(C)C(=O)CC2)C3)N1. The smallest absolute Gasteiger partial charge is 0.270 e. The Balaban J connectivity index is 1.33.